The summed E-state index contributed by atoms with van der Waals surface area (Å²) in [7, 11) is 1.58. The van der Waals surface area contributed by atoms with Gasteiger partial charge < -0.3 is 15.5 Å². The third-order valence-corrected chi connectivity index (χ3v) is 8.86. The van der Waals surface area contributed by atoms with Crippen molar-refractivity contribution in [2.24, 2.45) is 11.8 Å². The molecule has 8 nitrogen and oxygen atoms in total. The maximum Gasteiger partial charge on any atom is 0.256 e. The number of hydrogen-bond acceptors (Lipinski definition) is 7. The van der Waals surface area contributed by atoms with Crippen molar-refractivity contribution >= 4 is 41.1 Å². The van der Waals surface area contributed by atoms with E-state index in [0.717, 1.165) is 56.7 Å². The average Bonchev–Trinajstić information content (AvgIpc) is 2.98. The summed E-state index contributed by atoms with van der Waals surface area (Å²) >= 11 is 12.1. The van der Waals surface area contributed by atoms with Crippen molar-refractivity contribution < 1.29 is 9.53 Å². The van der Waals surface area contributed by atoms with Crippen LogP contribution in [0, 0.1) is 17.2 Å². The number of rotatable bonds is 13. The van der Waals surface area contributed by atoms with Crippen LogP contribution in [0.1, 0.15) is 91.4 Å². The first-order chi connectivity index (χ1) is 20.4. The predicted molar refractivity (Wildman–Crippen MR) is 169 cm³/mol. The number of halogens is 2. The number of nitrogens with zero attached hydrogens (tertiary/aromatic N) is 2. The Kier molecular flexibility index (Phi) is 12.0. The SMILES string of the molecule is COc1cncc(C(=O)CC2CCCCC(CCCCc3c(C=N)nc(NCc4ccc(Cl)c(Cl)c4)[nH]c3=O)CC2)c1. The van der Waals surface area contributed by atoms with E-state index in [2.05, 4.69) is 20.3 Å². The van der Waals surface area contributed by atoms with Gasteiger partial charge in [0.2, 0.25) is 5.95 Å². The topological polar surface area (TPSA) is 121 Å². The first kappa shape index (κ1) is 31.7. The van der Waals surface area contributed by atoms with Crippen molar-refractivity contribution in [2.75, 3.05) is 12.4 Å². The molecule has 3 aromatic rings. The summed E-state index contributed by atoms with van der Waals surface area (Å²) in [5.74, 6) is 2.10. The quantitative estimate of drug-likeness (QED) is 0.104. The number of unbranched alkanes of at least 4 members (excludes halogenated alkanes) is 1. The Bertz CT molecular complexity index is 1430. The predicted octanol–water partition coefficient (Wildman–Crippen LogP) is 7.66. The molecule has 2 atom stereocenters. The number of ketones is 1. The fraction of sp³-hybridized carbons (Fsp3) is 0.469. The van der Waals surface area contributed by atoms with E-state index in [9.17, 15) is 9.59 Å². The Balaban J connectivity index is 1.24. The van der Waals surface area contributed by atoms with Gasteiger partial charge in [-0.15, -0.1) is 0 Å². The number of anilines is 1. The van der Waals surface area contributed by atoms with Crippen molar-refractivity contribution in [3.8, 4) is 5.75 Å². The molecule has 4 rings (SSSR count). The van der Waals surface area contributed by atoms with Crippen LogP contribution < -0.4 is 15.6 Å². The lowest BCUT2D eigenvalue weighted by molar-refractivity contribution is 0.0949. The maximum absolute atomic E-state index is 12.9. The zero-order valence-electron chi connectivity index (χ0n) is 24.1. The van der Waals surface area contributed by atoms with Crippen LogP contribution in [0.15, 0.2) is 41.5 Å². The molecule has 10 heteroatoms. The molecule has 1 fully saturated rings. The van der Waals surface area contributed by atoms with Crippen LogP contribution in [0.5, 0.6) is 5.75 Å². The summed E-state index contributed by atoms with van der Waals surface area (Å²) < 4.78 is 5.22. The number of aromatic nitrogens is 3. The van der Waals surface area contributed by atoms with Crippen LogP contribution in [0.2, 0.25) is 10.0 Å². The minimum Gasteiger partial charge on any atom is -0.495 e. The summed E-state index contributed by atoms with van der Waals surface area (Å²) in [5, 5.41) is 11.9. The Labute approximate surface area is 257 Å². The molecule has 3 N–H and O–H groups in total. The first-order valence-electron chi connectivity index (χ1n) is 14.7. The number of carbonyl (C=O) groups is 1. The van der Waals surface area contributed by atoms with E-state index in [1.165, 1.54) is 12.8 Å². The third kappa shape index (κ3) is 9.13. The van der Waals surface area contributed by atoms with Crippen molar-refractivity contribution in [3.63, 3.8) is 0 Å². The lowest BCUT2D eigenvalue weighted by Crippen LogP contribution is -2.20. The lowest BCUT2D eigenvalue weighted by Gasteiger charge is -2.25. The Morgan fingerprint density at radius 3 is 2.64 bits per heavy atom. The number of carbonyl (C=O) groups excluding carboxylic acids is 1. The summed E-state index contributed by atoms with van der Waals surface area (Å²) in [4.78, 5) is 37.1. The van der Waals surface area contributed by atoms with Crippen LogP contribution in [-0.4, -0.2) is 34.1 Å². The smallest absolute Gasteiger partial charge is 0.256 e. The van der Waals surface area contributed by atoms with Gasteiger partial charge in [-0.05, 0) is 54.9 Å². The van der Waals surface area contributed by atoms with Gasteiger partial charge in [-0.25, -0.2) is 4.98 Å². The minimum absolute atomic E-state index is 0.139. The number of ether oxygens (including phenoxy) is 1. The van der Waals surface area contributed by atoms with Crippen LogP contribution in [0.25, 0.3) is 0 Å². The zero-order valence-corrected chi connectivity index (χ0v) is 25.6. The van der Waals surface area contributed by atoms with Gasteiger partial charge in [0.05, 0.1) is 29.0 Å². The monoisotopic (exact) mass is 611 g/mol. The van der Waals surface area contributed by atoms with E-state index >= 15 is 0 Å². The molecule has 2 aromatic heterocycles. The maximum atomic E-state index is 12.9. The van der Waals surface area contributed by atoms with E-state index in [1.54, 1.807) is 37.7 Å². The highest BCUT2D eigenvalue weighted by Gasteiger charge is 2.21. The Morgan fingerprint density at radius 2 is 1.88 bits per heavy atom. The van der Waals surface area contributed by atoms with Crippen molar-refractivity contribution in [2.45, 2.75) is 77.2 Å². The second-order valence-corrected chi connectivity index (χ2v) is 11.9. The number of hydrogen-bond donors (Lipinski definition) is 3. The van der Waals surface area contributed by atoms with Gasteiger partial charge in [-0.3, -0.25) is 19.6 Å². The molecule has 1 saturated carbocycles. The normalized spacial score (nSPS) is 17.2. The lowest BCUT2D eigenvalue weighted by atomic mass is 9.81. The third-order valence-electron chi connectivity index (χ3n) is 8.12. The number of Topliss-reactive ketones (excluding diaryl/α,β-unsaturated/α-hetero) is 1. The Morgan fingerprint density at radius 1 is 1.10 bits per heavy atom. The molecule has 0 saturated heterocycles. The molecule has 0 bridgehead atoms. The number of pyridine rings is 1. The summed E-state index contributed by atoms with van der Waals surface area (Å²) in [6, 6.07) is 7.10. The van der Waals surface area contributed by atoms with Crippen molar-refractivity contribution in [1.82, 2.24) is 15.0 Å². The molecular weight excluding hydrogens is 573 g/mol. The molecule has 2 unspecified atom stereocenters. The van der Waals surface area contributed by atoms with Crippen LogP contribution in [0.3, 0.4) is 0 Å². The molecule has 0 spiro atoms. The molecule has 1 aliphatic rings. The van der Waals surface area contributed by atoms with E-state index in [1.807, 2.05) is 6.07 Å². The summed E-state index contributed by atoms with van der Waals surface area (Å²) in [6.07, 6.45) is 15.3. The number of aromatic amines is 1. The molecule has 2 heterocycles. The number of benzene rings is 1. The van der Waals surface area contributed by atoms with E-state index in [4.69, 9.17) is 33.3 Å². The number of methoxy groups -OCH3 is 1. The van der Waals surface area contributed by atoms with Gasteiger partial charge in [-0.2, -0.15) is 0 Å². The molecule has 1 aliphatic carbocycles. The van der Waals surface area contributed by atoms with E-state index in [-0.39, 0.29) is 11.3 Å². The van der Waals surface area contributed by atoms with Crippen LogP contribution in [0.4, 0.5) is 5.95 Å². The highest BCUT2D eigenvalue weighted by molar-refractivity contribution is 6.42. The molecule has 42 heavy (non-hydrogen) atoms. The Hall–Kier alpha value is -3.23. The molecule has 0 aliphatic heterocycles. The standard InChI is InChI=1S/C32H39Cl2N5O3/c1-42-25-16-24(19-36-20-25)30(40)15-22-8-3-2-6-21(10-11-22)7-4-5-9-26-29(17-35)38-32(39-31(26)41)37-18-23-12-13-27(33)28(34)14-23/h12-14,16-17,19-22,35H,2-11,15,18H2,1H3,(H2,37,38,39,41). The zero-order chi connectivity index (χ0) is 29.9. The van der Waals surface area contributed by atoms with Gasteiger partial charge >= 0.3 is 0 Å². The van der Waals surface area contributed by atoms with Gasteiger partial charge in [0.1, 0.15) is 5.75 Å². The van der Waals surface area contributed by atoms with Crippen molar-refractivity contribution in [3.05, 3.63) is 79.4 Å². The van der Waals surface area contributed by atoms with Crippen molar-refractivity contribution in [1.29, 1.82) is 5.41 Å². The number of nitrogens with one attached hydrogen (secondary N) is 3. The summed E-state index contributed by atoms with van der Waals surface area (Å²) in [6.45, 7) is 0.408. The van der Waals surface area contributed by atoms with Crippen LogP contribution in [-0.2, 0) is 13.0 Å². The first-order valence-corrected chi connectivity index (χ1v) is 15.5. The van der Waals surface area contributed by atoms with Gasteiger partial charge in [0, 0.05) is 36.5 Å². The molecule has 1 aromatic carbocycles. The highest BCUT2D eigenvalue weighted by atomic mass is 35.5. The largest absolute Gasteiger partial charge is 0.495 e. The fourth-order valence-corrected chi connectivity index (χ4v) is 6.03. The fourth-order valence-electron chi connectivity index (χ4n) is 5.71. The summed E-state index contributed by atoms with van der Waals surface area (Å²) in [5.41, 5.74) is 2.24. The second-order valence-electron chi connectivity index (χ2n) is 11.1. The van der Waals surface area contributed by atoms with E-state index in [0.29, 0.717) is 69.8 Å². The molecule has 0 radical (unpaired) electrons. The van der Waals surface area contributed by atoms with Gasteiger partial charge in [0.15, 0.2) is 5.78 Å². The van der Waals surface area contributed by atoms with E-state index < -0.39 is 0 Å². The highest BCUT2D eigenvalue weighted by Crippen LogP contribution is 2.32. The molecule has 0 amide bonds. The van der Waals surface area contributed by atoms with Gasteiger partial charge in [0.25, 0.3) is 5.56 Å². The second kappa shape index (κ2) is 15.8. The van der Waals surface area contributed by atoms with Crippen LogP contribution >= 0.6 is 23.2 Å². The molecular formula is C32H39Cl2N5O3. The number of H-pyrrole nitrogens is 1. The molecule has 224 valence electrons. The van der Waals surface area contributed by atoms with Gasteiger partial charge in [-0.1, -0.05) is 74.2 Å². The minimum atomic E-state index is -0.218. The average molecular weight is 613 g/mol.